The summed E-state index contributed by atoms with van der Waals surface area (Å²) in [6.07, 6.45) is 0. The van der Waals surface area contributed by atoms with Crippen LogP contribution in [0, 0.1) is 11.8 Å². The van der Waals surface area contributed by atoms with Gasteiger partial charge in [-0.15, -0.1) is 0 Å². The van der Waals surface area contributed by atoms with Crippen molar-refractivity contribution < 1.29 is 14.4 Å². The number of imide groups is 1. The van der Waals surface area contributed by atoms with E-state index in [0.717, 1.165) is 22.3 Å². The third kappa shape index (κ3) is 2.86. The molecule has 4 aliphatic rings. The maximum atomic E-state index is 13.8. The molecule has 5 nitrogen and oxygen atoms in total. The van der Waals surface area contributed by atoms with Crippen LogP contribution in [0.15, 0.2) is 103 Å². The molecular formula is C31H22N2O3. The Morgan fingerprint density at radius 1 is 0.583 bits per heavy atom. The SMILES string of the molecule is O=C(Nc1ccc(N2C(=O)[C@@H]3C4c5ccccc5C(c5ccccc54)[C@H]3C2=O)cc1)c1ccccc1. The van der Waals surface area contributed by atoms with Gasteiger partial charge in [0.1, 0.15) is 0 Å². The predicted octanol–water partition coefficient (Wildman–Crippen LogP) is 5.34. The highest BCUT2D eigenvalue weighted by Gasteiger charge is 2.61. The highest BCUT2D eigenvalue weighted by molar-refractivity contribution is 6.23. The van der Waals surface area contributed by atoms with Gasteiger partial charge in [-0.25, -0.2) is 4.90 Å². The highest BCUT2D eigenvalue weighted by Crippen LogP contribution is 2.61. The van der Waals surface area contributed by atoms with Crippen molar-refractivity contribution in [2.75, 3.05) is 10.2 Å². The molecule has 8 rings (SSSR count). The van der Waals surface area contributed by atoms with Crippen molar-refractivity contribution >= 4 is 29.1 Å². The molecule has 3 aliphatic carbocycles. The molecule has 0 unspecified atom stereocenters. The lowest BCUT2D eigenvalue weighted by atomic mass is 9.55. The van der Waals surface area contributed by atoms with E-state index >= 15 is 0 Å². The summed E-state index contributed by atoms with van der Waals surface area (Å²) in [7, 11) is 0. The van der Waals surface area contributed by atoms with E-state index in [1.165, 1.54) is 4.90 Å². The van der Waals surface area contributed by atoms with Crippen LogP contribution in [-0.2, 0) is 9.59 Å². The van der Waals surface area contributed by atoms with Gasteiger partial charge in [0.2, 0.25) is 11.8 Å². The average Bonchev–Trinajstić information content (AvgIpc) is 3.20. The number of amides is 3. The van der Waals surface area contributed by atoms with Gasteiger partial charge < -0.3 is 5.32 Å². The van der Waals surface area contributed by atoms with Crippen LogP contribution in [0.25, 0.3) is 0 Å². The smallest absolute Gasteiger partial charge is 0.255 e. The number of anilines is 2. The summed E-state index contributed by atoms with van der Waals surface area (Å²) in [5.74, 6) is -1.59. The monoisotopic (exact) mass is 470 g/mol. The van der Waals surface area contributed by atoms with Crippen molar-refractivity contribution in [3.8, 4) is 0 Å². The van der Waals surface area contributed by atoms with E-state index in [9.17, 15) is 14.4 Å². The first-order valence-electron chi connectivity index (χ1n) is 12.2. The van der Waals surface area contributed by atoms with Crippen LogP contribution < -0.4 is 10.2 Å². The van der Waals surface area contributed by atoms with E-state index in [1.54, 1.807) is 36.4 Å². The quantitative estimate of drug-likeness (QED) is 0.411. The Morgan fingerprint density at radius 2 is 1.03 bits per heavy atom. The second kappa shape index (κ2) is 7.75. The van der Waals surface area contributed by atoms with Gasteiger partial charge >= 0.3 is 0 Å². The van der Waals surface area contributed by atoms with Crippen molar-refractivity contribution in [2.45, 2.75) is 11.8 Å². The number of hydrogen-bond acceptors (Lipinski definition) is 3. The van der Waals surface area contributed by atoms with Crippen molar-refractivity contribution in [2.24, 2.45) is 11.8 Å². The molecule has 4 aromatic rings. The minimum Gasteiger partial charge on any atom is -0.322 e. The molecule has 1 aliphatic heterocycles. The van der Waals surface area contributed by atoms with E-state index in [4.69, 9.17) is 0 Å². The zero-order valence-corrected chi connectivity index (χ0v) is 19.3. The van der Waals surface area contributed by atoms with Crippen molar-refractivity contribution in [3.63, 3.8) is 0 Å². The second-order valence-corrected chi connectivity index (χ2v) is 9.64. The molecular weight excluding hydrogens is 448 g/mol. The molecule has 36 heavy (non-hydrogen) atoms. The Kier molecular flexibility index (Phi) is 4.48. The minimum atomic E-state index is -0.412. The highest BCUT2D eigenvalue weighted by atomic mass is 16.2. The van der Waals surface area contributed by atoms with Gasteiger partial charge in [0.05, 0.1) is 17.5 Å². The Morgan fingerprint density at radius 3 is 1.50 bits per heavy atom. The molecule has 1 fully saturated rings. The zero-order chi connectivity index (χ0) is 24.4. The predicted molar refractivity (Wildman–Crippen MR) is 137 cm³/mol. The number of rotatable bonds is 3. The zero-order valence-electron chi connectivity index (χ0n) is 19.3. The molecule has 1 saturated heterocycles. The molecule has 2 atom stereocenters. The number of benzene rings is 4. The summed E-state index contributed by atoms with van der Waals surface area (Å²) in [4.78, 5) is 41.5. The van der Waals surface area contributed by atoms with Crippen LogP contribution in [0.1, 0.15) is 44.4 Å². The third-order valence-electron chi connectivity index (χ3n) is 7.87. The van der Waals surface area contributed by atoms with Crippen LogP contribution in [0.3, 0.4) is 0 Å². The van der Waals surface area contributed by atoms with Crippen LogP contribution in [0.2, 0.25) is 0 Å². The summed E-state index contributed by atoms with van der Waals surface area (Å²) >= 11 is 0. The Labute approximate surface area is 208 Å². The summed E-state index contributed by atoms with van der Waals surface area (Å²) in [6.45, 7) is 0. The fourth-order valence-corrected chi connectivity index (χ4v) is 6.42. The van der Waals surface area contributed by atoms with Gasteiger partial charge in [-0.3, -0.25) is 14.4 Å². The summed E-state index contributed by atoms with van der Waals surface area (Å²) in [6, 6.07) is 32.4. The first kappa shape index (κ1) is 20.8. The summed E-state index contributed by atoms with van der Waals surface area (Å²) in [5.41, 5.74) is 6.32. The molecule has 0 spiro atoms. The molecule has 1 heterocycles. The minimum absolute atomic E-state index is 0.127. The normalized spacial score (nSPS) is 23.2. The van der Waals surface area contributed by atoms with Gasteiger partial charge in [0.25, 0.3) is 5.91 Å². The van der Waals surface area contributed by atoms with Crippen LogP contribution in [0.5, 0.6) is 0 Å². The van der Waals surface area contributed by atoms with Gasteiger partial charge in [0, 0.05) is 23.1 Å². The van der Waals surface area contributed by atoms with Crippen molar-refractivity contribution in [3.05, 3.63) is 131 Å². The number of nitrogens with zero attached hydrogens (tertiary/aromatic N) is 1. The van der Waals surface area contributed by atoms with Crippen LogP contribution >= 0.6 is 0 Å². The number of nitrogens with one attached hydrogen (secondary N) is 1. The topological polar surface area (TPSA) is 66.5 Å². The molecule has 3 amide bonds. The molecule has 0 radical (unpaired) electrons. The lowest BCUT2D eigenvalue weighted by Crippen LogP contribution is -2.41. The lowest BCUT2D eigenvalue weighted by molar-refractivity contribution is -0.122. The molecule has 2 bridgehead atoms. The fourth-order valence-electron chi connectivity index (χ4n) is 6.42. The standard InChI is InChI=1S/C31H22N2O3/c34-29(18-8-2-1-3-9-18)32-19-14-16-20(17-15-19)33-30(35)27-25-21-10-4-5-11-22(21)26(28(27)31(33)36)24-13-7-6-12-23(24)25/h1-17,25-28H,(H,32,34)/t25?,26?,27-,28-/m1/s1. The van der Waals surface area contributed by atoms with E-state index < -0.39 is 11.8 Å². The Hall–Kier alpha value is -4.51. The lowest BCUT2D eigenvalue weighted by Gasteiger charge is -2.45. The summed E-state index contributed by atoms with van der Waals surface area (Å²) in [5, 5.41) is 2.87. The summed E-state index contributed by atoms with van der Waals surface area (Å²) < 4.78 is 0. The average molecular weight is 471 g/mol. The number of carbonyl (C=O) groups is 3. The Balaban J connectivity index is 1.23. The molecule has 0 aromatic heterocycles. The maximum Gasteiger partial charge on any atom is 0.255 e. The first-order valence-corrected chi connectivity index (χ1v) is 12.2. The first-order chi connectivity index (χ1) is 17.6. The fraction of sp³-hybridized carbons (Fsp3) is 0.129. The van der Waals surface area contributed by atoms with Gasteiger partial charge in [-0.1, -0.05) is 66.7 Å². The van der Waals surface area contributed by atoms with Crippen LogP contribution in [0.4, 0.5) is 11.4 Å². The largest absolute Gasteiger partial charge is 0.322 e. The molecule has 174 valence electrons. The third-order valence-corrected chi connectivity index (χ3v) is 7.87. The maximum absolute atomic E-state index is 13.8. The van der Waals surface area contributed by atoms with E-state index in [0.29, 0.717) is 16.9 Å². The second-order valence-electron chi connectivity index (χ2n) is 9.64. The molecule has 1 N–H and O–H groups in total. The molecule has 4 aromatic carbocycles. The number of hydrogen-bond donors (Lipinski definition) is 1. The van der Waals surface area contributed by atoms with E-state index in [2.05, 4.69) is 29.6 Å². The van der Waals surface area contributed by atoms with E-state index in [1.807, 2.05) is 42.5 Å². The van der Waals surface area contributed by atoms with Gasteiger partial charge in [0.15, 0.2) is 0 Å². The van der Waals surface area contributed by atoms with Crippen molar-refractivity contribution in [1.29, 1.82) is 0 Å². The number of carbonyl (C=O) groups excluding carboxylic acids is 3. The van der Waals surface area contributed by atoms with Crippen molar-refractivity contribution in [1.82, 2.24) is 0 Å². The van der Waals surface area contributed by atoms with Gasteiger partial charge in [-0.05, 0) is 58.7 Å². The molecule has 0 saturated carbocycles. The Bertz CT molecular complexity index is 1430. The van der Waals surface area contributed by atoms with E-state index in [-0.39, 0.29) is 29.6 Å². The molecule has 5 heteroatoms. The van der Waals surface area contributed by atoms with Crippen LogP contribution in [-0.4, -0.2) is 17.7 Å². The van der Waals surface area contributed by atoms with Gasteiger partial charge in [-0.2, -0.15) is 0 Å².